The normalized spacial score (nSPS) is 23.8. The third-order valence-electron chi connectivity index (χ3n) is 5.36. The van der Waals surface area contributed by atoms with Crippen LogP contribution in [-0.2, 0) is 6.42 Å². The van der Waals surface area contributed by atoms with Crippen molar-refractivity contribution in [2.75, 3.05) is 11.9 Å². The van der Waals surface area contributed by atoms with Crippen molar-refractivity contribution in [3.63, 3.8) is 0 Å². The summed E-state index contributed by atoms with van der Waals surface area (Å²) in [7, 11) is 0. The largest absolute Gasteiger partial charge is 0.385 e. The summed E-state index contributed by atoms with van der Waals surface area (Å²) < 4.78 is 0. The molecule has 0 bridgehead atoms. The van der Waals surface area contributed by atoms with Gasteiger partial charge in [-0.05, 0) is 55.9 Å². The highest BCUT2D eigenvalue weighted by molar-refractivity contribution is 5.97. The van der Waals surface area contributed by atoms with Gasteiger partial charge < -0.3 is 5.32 Å². The smallest absolute Gasteiger partial charge is 0.272 e. The van der Waals surface area contributed by atoms with E-state index in [0.717, 1.165) is 44.4 Å². The highest BCUT2D eigenvalue weighted by Gasteiger charge is 2.41. The van der Waals surface area contributed by atoms with Crippen molar-refractivity contribution >= 4 is 17.3 Å². The molecule has 5 heteroatoms. The Labute approximate surface area is 147 Å². The van der Waals surface area contributed by atoms with E-state index in [1.807, 2.05) is 0 Å². The number of anilines is 1. The van der Waals surface area contributed by atoms with Crippen LogP contribution in [-0.4, -0.2) is 23.1 Å². The first kappa shape index (κ1) is 15.8. The third kappa shape index (κ3) is 3.14. The Kier molecular flexibility index (Phi) is 4.22. The van der Waals surface area contributed by atoms with Gasteiger partial charge in [0.15, 0.2) is 0 Å². The summed E-state index contributed by atoms with van der Waals surface area (Å²) >= 11 is 0. The van der Waals surface area contributed by atoms with Crippen molar-refractivity contribution < 1.29 is 4.79 Å². The summed E-state index contributed by atoms with van der Waals surface area (Å²) in [6.45, 7) is 0.937. The number of fused-ring (bicyclic) bond motifs is 1. The van der Waals surface area contributed by atoms with Crippen molar-refractivity contribution in [1.29, 1.82) is 0 Å². The number of amides is 1. The summed E-state index contributed by atoms with van der Waals surface area (Å²) in [6.07, 6.45) is 8.46. The Morgan fingerprint density at radius 1 is 1.20 bits per heavy atom. The van der Waals surface area contributed by atoms with Gasteiger partial charge in [-0.25, -0.2) is 5.43 Å². The summed E-state index contributed by atoms with van der Waals surface area (Å²) in [5.74, 6) is -0.199. The SMILES string of the molecule is O=C(NN=C1CCCC12CCNc1ccccc1C2)c1cccnc1. The Morgan fingerprint density at radius 3 is 3.00 bits per heavy atom. The van der Waals surface area contributed by atoms with Crippen LogP contribution in [0.15, 0.2) is 53.9 Å². The van der Waals surface area contributed by atoms with Crippen LogP contribution in [0.3, 0.4) is 0 Å². The van der Waals surface area contributed by atoms with E-state index in [1.165, 1.54) is 11.3 Å². The fourth-order valence-corrected chi connectivity index (χ4v) is 4.05. The number of nitrogens with zero attached hydrogens (tertiary/aromatic N) is 2. The lowest BCUT2D eigenvalue weighted by Crippen LogP contribution is -2.32. The van der Waals surface area contributed by atoms with E-state index in [9.17, 15) is 4.79 Å². The maximum absolute atomic E-state index is 12.3. The van der Waals surface area contributed by atoms with Gasteiger partial charge in [-0.15, -0.1) is 0 Å². The van der Waals surface area contributed by atoms with Gasteiger partial charge >= 0.3 is 0 Å². The number of pyridine rings is 1. The molecular formula is C20H22N4O. The molecule has 1 amide bonds. The molecule has 5 nitrogen and oxygen atoms in total. The van der Waals surface area contributed by atoms with Gasteiger partial charge in [0.25, 0.3) is 5.91 Å². The predicted octanol–water partition coefficient (Wildman–Crippen LogP) is 3.40. The molecule has 2 heterocycles. The van der Waals surface area contributed by atoms with Gasteiger partial charge in [-0.2, -0.15) is 5.10 Å². The average molecular weight is 334 g/mol. The number of para-hydroxylation sites is 1. The zero-order chi connectivity index (χ0) is 17.1. The minimum absolute atomic E-state index is 0.0574. The van der Waals surface area contributed by atoms with Crippen LogP contribution in [0.2, 0.25) is 0 Å². The Hall–Kier alpha value is -2.69. The molecule has 0 saturated heterocycles. The highest BCUT2D eigenvalue weighted by atomic mass is 16.2. The zero-order valence-corrected chi connectivity index (χ0v) is 14.2. The van der Waals surface area contributed by atoms with Crippen LogP contribution in [0.4, 0.5) is 5.69 Å². The standard InChI is InChI=1S/C20H22N4O/c25-19(16-6-4-11-21-14-16)24-23-18-8-3-9-20(18)10-12-22-17-7-2-1-5-15(17)13-20/h1-2,4-7,11,14,22H,3,8-10,12-13H2,(H,24,25). The Morgan fingerprint density at radius 2 is 2.12 bits per heavy atom. The zero-order valence-electron chi connectivity index (χ0n) is 14.2. The highest BCUT2D eigenvalue weighted by Crippen LogP contribution is 2.44. The quantitative estimate of drug-likeness (QED) is 0.827. The molecule has 1 aromatic heterocycles. The maximum Gasteiger partial charge on any atom is 0.272 e. The van der Waals surface area contributed by atoms with Crippen LogP contribution >= 0.6 is 0 Å². The molecule has 2 aromatic rings. The Bertz CT molecular complexity index is 802. The number of benzene rings is 1. The third-order valence-corrected chi connectivity index (χ3v) is 5.36. The predicted molar refractivity (Wildman–Crippen MR) is 98.7 cm³/mol. The number of aromatic nitrogens is 1. The van der Waals surface area contributed by atoms with Gasteiger partial charge in [-0.1, -0.05) is 18.2 Å². The van der Waals surface area contributed by atoms with Gasteiger partial charge in [0.2, 0.25) is 0 Å². The number of hydrazone groups is 1. The van der Waals surface area contributed by atoms with Crippen molar-refractivity contribution in [2.24, 2.45) is 10.5 Å². The van der Waals surface area contributed by atoms with Crippen molar-refractivity contribution in [3.8, 4) is 0 Å². The second-order valence-electron chi connectivity index (χ2n) is 6.89. The molecule has 1 spiro atoms. The monoisotopic (exact) mass is 334 g/mol. The Balaban J connectivity index is 1.56. The van der Waals surface area contributed by atoms with Crippen molar-refractivity contribution in [1.82, 2.24) is 10.4 Å². The summed E-state index contributed by atoms with van der Waals surface area (Å²) in [6, 6.07) is 12.0. The number of nitrogens with one attached hydrogen (secondary N) is 2. The molecule has 4 rings (SSSR count). The minimum atomic E-state index is -0.199. The van der Waals surface area contributed by atoms with Crippen LogP contribution in [0.25, 0.3) is 0 Å². The molecule has 2 N–H and O–H groups in total. The molecule has 25 heavy (non-hydrogen) atoms. The van der Waals surface area contributed by atoms with Crippen LogP contribution < -0.4 is 10.7 Å². The van der Waals surface area contributed by atoms with E-state index in [0.29, 0.717) is 5.56 Å². The number of carbonyl (C=O) groups excluding carboxylic acids is 1. The molecule has 0 radical (unpaired) electrons. The fourth-order valence-electron chi connectivity index (χ4n) is 4.05. The van der Waals surface area contributed by atoms with Gasteiger partial charge in [0, 0.05) is 35.8 Å². The lowest BCUT2D eigenvalue weighted by Gasteiger charge is -2.28. The van der Waals surface area contributed by atoms with E-state index < -0.39 is 0 Å². The van der Waals surface area contributed by atoms with Gasteiger partial charge in [-0.3, -0.25) is 9.78 Å². The molecular weight excluding hydrogens is 312 g/mol. The summed E-state index contributed by atoms with van der Waals surface area (Å²) in [4.78, 5) is 16.3. The van der Waals surface area contributed by atoms with Crippen LogP contribution in [0.5, 0.6) is 0 Å². The number of rotatable bonds is 2. The second kappa shape index (κ2) is 6.67. The first-order chi connectivity index (χ1) is 12.3. The second-order valence-corrected chi connectivity index (χ2v) is 6.89. The number of hydrogen-bond donors (Lipinski definition) is 2. The number of carbonyl (C=O) groups is 1. The van der Waals surface area contributed by atoms with Gasteiger partial charge in [0.1, 0.15) is 0 Å². The summed E-state index contributed by atoms with van der Waals surface area (Å²) in [5.41, 5.74) is 7.03. The van der Waals surface area contributed by atoms with Crippen molar-refractivity contribution in [2.45, 2.75) is 32.1 Å². The minimum Gasteiger partial charge on any atom is -0.385 e. The molecule has 1 aromatic carbocycles. The molecule has 2 aliphatic rings. The first-order valence-electron chi connectivity index (χ1n) is 8.86. The molecule has 1 aliphatic heterocycles. The molecule has 1 atom stereocenters. The average Bonchev–Trinajstić information content (AvgIpc) is 2.93. The van der Waals surface area contributed by atoms with E-state index in [4.69, 9.17) is 0 Å². The number of hydrogen-bond acceptors (Lipinski definition) is 4. The van der Waals surface area contributed by atoms with E-state index >= 15 is 0 Å². The molecule has 1 fully saturated rings. The lowest BCUT2D eigenvalue weighted by molar-refractivity contribution is 0.0954. The maximum atomic E-state index is 12.3. The molecule has 1 saturated carbocycles. The lowest BCUT2D eigenvalue weighted by atomic mass is 9.76. The van der Waals surface area contributed by atoms with Gasteiger partial charge in [0.05, 0.1) is 5.56 Å². The topological polar surface area (TPSA) is 66.4 Å². The molecule has 1 aliphatic carbocycles. The van der Waals surface area contributed by atoms with Crippen LogP contribution in [0, 0.1) is 5.41 Å². The van der Waals surface area contributed by atoms with E-state index in [2.05, 4.69) is 45.1 Å². The first-order valence-corrected chi connectivity index (χ1v) is 8.86. The van der Waals surface area contributed by atoms with Crippen molar-refractivity contribution in [3.05, 3.63) is 59.9 Å². The molecule has 128 valence electrons. The van der Waals surface area contributed by atoms with E-state index in [-0.39, 0.29) is 11.3 Å². The fraction of sp³-hybridized carbons (Fsp3) is 0.350. The molecule has 1 unspecified atom stereocenters. The van der Waals surface area contributed by atoms with Crippen LogP contribution in [0.1, 0.15) is 41.6 Å². The summed E-state index contributed by atoms with van der Waals surface area (Å²) in [5, 5.41) is 8.09. The van der Waals surface area contributed by atoms with E-state index in [1.54, 1.807) is 24.5 Å².